The molecule has 1 heterocycles. The fraction of sp³-hybridized carbons (Fsp3) is 0.267. The standard InChI is InChI=1S/C15H13NOS/c16-8-7-11-5-6-14-12(9-11)10-17-13-3-1-2-4-15(13)18-14/h1,3,5-6,9-10,14H,2,4,7H2. The molecule has 0 saturated carbocycles. The minimum absolute atomic E-state index is 0.325. The zero-order valence-electron chi connectivity index (χ0n) is 9.93. The van der Waals surface area contributed by atoms with E-state index < -0.39 is 0 Å². The van der Waals surface area contributed by atoms with Crippen molar-refractivity contribution in [3.63, 3.8) is 0 Å². The first kappa shape index (κ1) is 11.4. The van der Waals surface area contributed by atoms with E-state index in [9.17, 15) is 0 Å². The fourth-order valence-corrected chi connectivity index (χ4v) is 3.40. The van der Waals surface area contributed by atoms with Gasteiger partial charge in [-0.25, -0.2) is 0 Å². The molecule has 0 fully saturated rings. The molecule has 0 amide bonds. The van der Waals surface area contributed by atoms with Crippen LogP contribution in [0.25, 0.3) is 0 Å². The molecule has 90 valence electrons. The lowest BCUT2D eigenvalue weighted by atomic mass is 10.0. The lowest BCUT2D eigenvalue weighted by molar-refractivity contribution is 0.360. The van der Waals surface area contributed by atoms with Crippen molar-refractivity contribution >= 4 is 11.8 Å². The van der Waals surface area contributed by atoms with Crippen LogP contribution in [-0.2, 0) is 4.74 Å². The van der Waals surface area contributed by atoms with Crippen LogP contribution in [-0.4, -0.2) is 5.25 Å². The van der Waals surface area contributed by atoms with E-state index in [-0.39, 0.29) is 0 Å². The Kier molecular flexibility index (Phi) is 3.12. The average molecular weight is 255 g/mol. The van der Waals surface area contributed by atoms with E-state index in [1.807, 2.05) is 18.0 Å². The highest BCUT2D eigenvalue weighted by molar-refractivity contribution is 8.04. The number of fused-ring (bicyclic) bond motifs is 1. The van der Waals surface area contributed by atoms with Crippen molar-refractivity contribution < 1.29 is 4.74 Å². The Hall–Kier alpha value is -1.66. The maximum absolute atomic E-state index is 8.74. The van der Waals surface area contributed by atoms with Gasteiger partial charge in [-0.1, -0.05) is 24.3 Å². The molecule has 0 radical (unpaired) electrons. The van der Waals surface area contributed by atoms with Gasteiger partial charge in [-0.05, 0) is 24.5 Å². The minimum atomic E-state index is 0.325. The van der Waals surface area contributed by atoms with Crippen LogP contribution in [0.4, 0.5) is 0 Å². The molecule has 0 spiro atoms. The second kappa shape index (κ2) is 4.91. The largest absolute Gasteiger partial charge is 0.464 e. The normalized spacial score (nSPS) is 25.2. The molecule has 0 N–H and O–H groups in total. The lowest BCUT2D eigenvalue weighted by Crippen LogP contribution is -2.06. The quantitative estimate of drug-likeness (QED) is 0.710. The minimum Gasteiger partial charge on any atom is -0.464 e. The van der Waals surface area contributed by atoms with Gasteiger partial charge in [0, 0.05) is 10.5 Å². The molecule has 0 aromatic rings. The molecular formula is C15H13NOS. The summed E-state index contributed by atoms with van der Waals surface area (Å²) in [7, 11) is 0. The number of nitrogens with zero attached hydrogens (tertiary/aromatic N) is 1. The maximum atomic E-state index is 8.74. The van der Waals surface area contributed by atoms with Gasteiger partial charge in [0.1, 0.15) is 5.76 Å². The second-order valence-electron chi connectivity index (χ2n) is 4.42. The van der Waals surface area contributed by atoms with Crippen molar-refractivity contribution in [3.8, 4) is 6.07 Å². The van der Waals surface area contributed by atoms with E-state index in [2.05, 4.69) is 36.4 Å². The monoisotopic (exact) mass is 255 g/mol. The Morgan fingerprint density at radius 1 is 1.44 bits per heavy atom. The van der Waals surface area contributed by atoms with Crippen molar-refractivity contribution in [1.29, 1.82) is 5.26 Å². The number of thioether (sulfide) groups is 1. The molecule has 2 nitrogen and oxygen atoms in total. The summed E-state index contributed by atoms with van der Waals surface area (Å²) in [4.78, 5) is 1.33. The first-order chi connectivity index (χ1) is 8.86. The van der Waals surface area contributed by atoms with Crippen LogP contribution < -0.4 is 0 Å². The number of hydrogen-bond donors (Lipinski definition) is 0. The smallest absolute Gasteiger partial charge is 0.135 e. The highest BCUT2D eigenvalue weighted by Crippen LogP contribution is 2.40. The van der Waals surface area contributed by atoms with Crippen LogP contribution in [0, 0.1) is 11.3 Å². The topological polar surface area (TPSA) is 33.0 Å². The molecule has 0 bridgehead atoms. The van der Waals surface area contributed by atoms with Gasteiger partial charge < -0.3 is 4.74 Å². The van der Waals surface area contributed by atoms with E-state index in [0.717, 1.165) is 29.7 Å². The van der Waals surface area contributed by atoms with Gasteiger partial charge in [0.25, 0.3) is 0 Å². The van der Waals surface area contributed by atoms with E-state index in [0.29, 0.717) is 11.7 Å². The summed E-state index contributed by atoms with van der Waals surface area (Å²) in [6.45, 7) is 0. The molecule has 1 unspecified atom stereocenters. The van der Waals surface area contributed by atoms with Crippen LogP contribution in [0.5, 0.6) is 0 Å². The Labute approximate surface area is 111 Å². The average Bonchev–Trinajstić information content (AvgIpc) is 2.58. The second-order valence-corrected chi connectivity index (χ2v) is 5.65. The van der Waals surface area contributed by atoms with Crippen molar-refractivity contribution in [2.45, 2.75) is 24.5 Å². The van der Waals surface area contributed by atoms with Gasteiger partial charge >= 0.3 is 0 Å². The molecule has 2 aliphatic carbocycles. The summed E-state index contributed by atoms with van der Waals surface area (Å²) in [6.07, 6.45) is 15.0. The summed E-state index contributed by atoms with van der Waals surface area (Å²) in [6, 6.07) is 2.18. The zero-order chi connectivity index (χ0) is 12.4. The first-order valence-corrected chi connectivity index (χ1v) is 6.93. The Morgan fingerprint density at radius 3 is 3.28 bits per heavy atom. The van der Waals surface area contributed by atoms with Crippen LogP contribution in [0.3, 0.4) is 0 Å². The van der Waals surface area contributed by atoms with Crippen LogP contribution in [0.1, 0.15) is 19.3 Å². The molecule has 0 saturated heterocycles. The predicted molar refractivity (Wildman–Crippen MR) is 73.4 cm³/mol. The molecule has 3 rings (SSSR count). The summed E-state index contributed by atoms with van der Waals surface area (Å²) >= 11 is 1.86. The molecule has 18 heavy (non-hydrogen) atoms. The molecule has 3 heteroatoms. The van der Waals surface area contributed by atoms with E-state index in [4.69, 9.17) is 10.00 Å². The van der Waals surface area contributed by atoms with Crippen molar-refractivity contribution in [2.75, 3.05) is 0 Å². The Bertz CT molecular complexity index is 558. The number of nitriles is 1. The predicted octanol–water partition coefficient (Wildman–Crippen LogP) is 3.97. The zero-order valence-corrected chi connectivity index (χ0v) is 10.7. The molecular weight excluding hydrogens is 242 g/mol. The van der Waals surface area contributed by atoms with Crippen LogP contribution in [0.2, 0.25) is 0 Å². The highest BCUT2D eigenvalue weighted by Gasteiger charge is 2.23. The van der Waals surface area contributed by atoms with Gasteiger partial charge in [0.05, 0.1) is 24.0 Å². The van der Waals surface area contributed by atoms with Crippen molar-refractivity contribution in [2.24, 2.45) is 0 Å². The third kappa shape index (κ3) is 2.16. The molecule has 1 aliphatic heterocycles. The van der Waals surface area contributed by atoms with Crippen LogP contribution >= 0.6 is 11.8 Å². The fourth-order valence-electron chi connectivity index (χ4n) is 2.20. The third-order valence-corrected chi connectivity index (χ3v) is 4.50. The highest BCUT2D eigenvalue weighted by atomic mass is 32.2. The Balaban J connectivity index is 1.87. The van der Waals surface area contributed by atoms with Gasteiger partial charge in [-0.15, -0.1) is 11.8 Å². The summed E-state index contributed by atoms with van der Waals surface area (Å²) in [5, 5.41) is 9.07. The maximum Gasteiger partial charge on any atom is 0.135 e. The summed E-state index contributed by atoms with van der Waals surface area (Å²) in [5.74, 6) is 0.983. The molecule has 0 aromatic heterocycles. The molecule has 1 atom stereocenters. The van der Waals surface area contributed by atoms with Crippen molar-refractivity contribution in [3.05, 3.63) is 58.5 Å². The number of ether oxygens (including phenoxy) is 1. The van der Waals surface area contributed by atoms with Gasteiger partial charge in [0.2, 0.25) is 0 Å². The van der Waals surface area contributed by atoms with Gasteiger partial charge in [0.15, 0.2) is 0 Å². The number of allylic oxidation sites excluding steroid dienone is 6. The third-order valence-electron chi connectivity index (χ3n) is 3.12. The molecule has 0 aromatic carbocycles. The van der Waals surface area contributed by atoms with Gasteiger partial charge in [-0.3, -0.25) is 0 Å². The molecule has 3 aliphatic rings. The number of hydrogen-bond acceptors (Lipinski definition) is 3. The van der Waals surface area contributed by atoms with Crippen molar-refractivity contribution in [1.82, 2.24) is 0 Å². The van der Waals surface area contributed by atoms with E-state index >= 15 is 0 Å². The number of rotatable bonds is 1. The van der Waals surface area contributed by atoms with E-state index in [1.165, 1.54) is 4.91 Å². The Morgan fingerprint density at radius 2 is 2.39 bits per heavy atom. The summed E-state index contributed by atoms with van der Waals surface area (Å²) < 4.78 is 5.75. The van der Waals surface area contributed by atoms with Gasteiger partial charge in [-0.2, -0.15) is 5.26 Å². The lowest BCUT2D eigenvalue weighted by Gasteiger charge is -2.18. The SMILES string of the molecule is N#CCC1=CC2=COC3=C(CCC=C3)SC2C=C1. The first-order valence-electron chi connectivity index (χ1n) is 6.05. The summed E-state index contributed by atoms with van der Waals surface area (Å²) in [5.41, 5.74) is 2.20. The van der Waals surface area contributed by atoms with E-state index in [1.54, 1.807) is 0 Å². The van der Waals surface area contributed by atoms with Crippen LogP contribution in [0.15, 0.2) is 58.5 Å².